The average Bonchev–Trinajstić information content (AvgIpc) is 3.10. The van der Waals surface area contributed by atoms with Crippen molar-refractivity contribution in [1.29, 1.82) is 0 Å². The monoisotopic (exact) mass is 287 g/mol. The molecule has 7 nitrogen and oxygen atoms in total. The van der Waals surface area contributed by atoms with Gasteiger partial charge in [-0.3, -0.25) is 4.40 Å². The fourth-order valence-corrected chi connectivity index (χ4v) is 1.91. The molecule has 0 bridgehead atoms. The summed E-state index contributed by atoms with van der Waals surface area (Å²) >= 11 is 0. The summed E-state index contributed by atoms with van der Waals surface area (Å²) in [7, 11) is 0. The van der Waals surface area contributed by atoms with E-state index in [2.05, 4.69) is 34.2 Å². The standard InChI is InChI=1S/C14H17N5O2/c1-10(2)6-7-11-15-13(21-18-11)9-20-14-17-16-12-5-3-4-8-19(12)14/h3-5,8,10H,6-7,9H2,1-2H3. The largest absolute Gasteiger partial charge is 0.453 e. The summed E-state index contributed by atoms with van der Waals surface area (Å²) in [5, 5.41) is 11.9. The van der Waals surface area contributed by atoms with Crippen molar-refractivity contribution in [2.45, 2.75) is 33.3 Å². The van der Waals surface area contributed by atoms with Crippen molar-refractivity contribution in [3.8, 4) is 6.01 Å². The van der Waals surface area contributed by atoms with Crippen molar-refractivity contribution in [2.75, 3.05) is 0 Å². The molecule has 3 aromatic heterocycles. The van der Waals surface area contributed by atoms with Crippen molar-refractivity contribution in [3.63, 3.8) is 0 Å². The van der Waals surface area contributed by atoms with Gasteiger partial charge in [-0.25, -0.2) is 0 Å². The molecule has 0 saturated carbocycles. The van der Waals surface area contributed by atoms with E-state index in [9.17, 15) is 0 Å². The van der Waals surface area contributed by atoms with Gasteiger partial charge in [0, 0.05) is 12.6 Å². The summed E-state index contributed by atoms with van der Waals surface area (Å²) < 4.78 is 12.5. The van der Waals surface area contributed by atoms with Gasteiger partial charge in [0.1, 0.15) is 0 Å². The first-order valence-electron chi connectivity index (χ1n) is 6.96. The molecule has 0 saturated heterocycles. The van der Waals surface area contributed by atoms with Crippen LogP contribution in [0.15, 0.2) is 28.9 Å². The normalized spacial score (nSPS) is 11.4. The number of aromatic nitrogens is 5. The molecule has 0 atom stereocenters. The highest BCUT2D eigenvalue weighted by molar-refractivity contribution is 5.38. The van der Waals surface area contributed by atoms with E-state index in [0.717, 1.165) is 18.5 Å². The van der Waals surface area contributed by atoms with Crippen molar-refractivity contribution in [2.24, 2.45) is 5.92 Å². The van der Waals surface area contributed by atoms with Crippen LogP contribution in [0.1, 0.15) is 32.0 Å². The Morgan fingerprint density at radius 2 is 2.19 bits per heavy atom. The highest BCUT2D eigenvalue weighted by atomic mass is 16.5. The highest BCUT2D eigenvalue weighted by Gasteiger charge is 2.10. The van der Waals surface area contributed by atoms with E-state index < -0.39 is 0 Å². The van der Waals surface area contributed by atoms with Gasteiger partial charge in [-0.2, -0.15) is 4.98 Å². The van der Waals surface area contributed by atoms with Crippen LogP contribution >= 0.6 is 0 Å². The number of ether oxygens (including phenoxy) is 1. The van der Waals surface area contributed by atoms with Gasteiger partial charge in [-0.1, -0.05) is 30.2 Å². The van der Waals surface area contributed by atoms with Crippen molar-refractivity contribution < 1.29 is 9.26 Å². The predicted octanol–water partition coefficient (Wildman–Crippen LogP) is 2.28. The second-order valence-electron chi connectivity index (χ2n) is 5.24. The van der Waals surface area contributed by atoms with E-state index in [4.69, 9.17) is 9.26 Å². The fraction of sp³-hybridized carbons (Fsp3) is 0.429. The van der Waals surface area contributed by atoms with Crippen LogP contribution in [0.4, 0.5) is 0 Å². The van der Waals surface area contributed by atoms with Crippen LogP contribution in [0, 0.1) is 5.92 Å². The molecule has 0 fully saturated rings. The summed E-state index contributed by atoms with van der Waals surface area (Å²) in [5.74, 6) is 1.78. The maximum absolute atomic E-state index is 5.58. The minimum Gasteiger partial charge on any atom is -0.453 e. The zero-order chi connectivity index (χ0) is 14.7. The average molecular weight is 287 g/mol. The molecule has 21 heavy (non-hydrogen) atoms. The number of hydrogen-bond acceptors (Lipinski definition) is 6. The lowest BCUT2D eigenvalue weighted by molar-refractivity contribution is 0.225. The van der Waals surface area contributed by atoms with E-state index >= 15 is 0 Å². The minimum absolute atomic E-state index is 0.185. The summed E-state index contributed by atoms with van der Waals surface area (Å²) in [6, 6.07) is 6.05. The van der Waals surface area contributed by atoms with Gasteiger partial charge in [0.15, 0.2) is 18.1 Å². The Balaban J connectivity index is 1.62. The maximum Gasteiger partial charge on any atom is 0.322 e. The highest BCUT2D eigenvalue weighted by Crippen LogP contribution is 2.12. The Morgan fingerprint density at radius 3 is 3.05 bits per heavy atom. The van der Waals surface area contributed by atoms with E-state index in [1.807, 2.05) is 24.4 Å². The van der Waals surface area contributed by atoms with Crippen molar-refractivity contribution in [3.05, 3.63) is 36.1 Å². The van der Waals surface area contributed by atoms with Gasteiger partial charge in [0.25, 0.3) is 5.89 Å². The zero-order valence-corrected chi connectivity index (χ0v) is 12.1. The van der Waals surface area contributed by atoms with Crippen LogP contribution in [0.2, 0.25) is 0 Å². The Bertz CT molecular complexity index is 719. The molecule has 0 unspecified atom stereocenters. The molecule has 7 heteroatoms. The van der Waals surface area contributed by atoms with Crippen LogP contribution in [0.25, 0.3) is 5.65 Å². The molecule has 110 valence electrons. The van der Waals surface area contributed by atoms with Gasteiger partial charge in [-0.05, 0) is 24.5 Å². The zero-order valence-electron chi connectivity index (χ0n) is 12.1. The Hall–Kier alpha value is -2.44. The van der Waals surface area contributed by atoms with Crippen molar-refractivity contribution in [1.82, 2.24) is 24.7 Å². The molecule has 0 radical (unpaired) electrons. The Labute approximate surface area is 122 Å². The van der Waals surface area contributed by atoms with Crippen LogP contribution in [-0.2, 0) is 13.0 Å². The molecule has 3 rings (SSSR count). The molecular formula is C14H17N5O2. The second kappa shape index (κ2) is 5.90. The topological polar surface area (TPSA) is 78.3 Å². The molecule has 3 aromatic rings. The fourth-order valence-electron chi connectivity index (χ4n) is 1.91. The van der Waals surface area contributed by atoms with E-state index in [-0.39, 0.29) is 6.61 Å². The molecule has 0 aliphatic carbocycles. The van der Waals surface area contributed by atoms with Crippen LogP contribution in [-0.4, -0.2) is 24.7 Å². The van der Waals surface area contributed by atoms with Gasteiger partial charge >= 0.3 is 6.01 Å². The molecule has 0 aromatic carbocycles. The van der Waals surface area contributed by atoms with Gasteiger partial charge in [-0.15, -0.1) is 5.10 Å². The SMILES string of the molecule is CC(C)CCc1noc(COc2nnc3ccccn23)n1. The first-order chi connectivity index (χ1) is 10.2. The lowest BCUT2D eigenvalue weighted by Crippen LogP contribution is -2.00. The van der Waals surface area contributed by atoms with Gasteiger partial charge in [0.05, 0.1) is 0 Å². The van der Waals surface area contributed by atoms with E-state index in [1.165, 1.54) is 0 Å². The third-order valence-corrected chi connectivity index (χ3v) is 3.06. The van der Waals surface area contributed by atoms with Gasteiger partial charge < -0.3 is 9.26 Å². The molecule has 0 N–H and O–H groups in total. The predicted molar refractivity (Wildman–Crippen MR) is 74.8 cm³/mol. The number of rotatable bonds is 6. The smallest absolute Gasteiger partial charge is 0.322 e. The number of hydrogen-bond donors (Lipinski definition) is 0. The first-order valence-corrected chi connectivity index (χ1v) is 6.96. The second-order valence-corrected chi connectivity index (χ2v) is 5.24. The molecule has 0 aliphatic heterocycles. The minimum atomic E-state index is 0.185. The molecule has 3 heterocycles. The lowest BCUT2D eigenvalue weighted by atomic mass is 10.1. The summed E-state index contributed by atoms with van der Waals surface area (Å²) in [6.07, 6.45) is 3.69. The number of aryl methyl sites for hydroxylation is 1. The van der Waals surface area contributed by atoms with Crippen molar-refractivity contribution >= 4 is 5.65 Å². The summed E-state index contributed by atoms with van der Waals surface area (Å²) in [6.45, 7) is 4.52. The quantitative estimate of drug-likeness (QED) is 0.692. The van der Waals surface area contributed by atoms with E-state index in [0.29, 0.717) is 23.6 Å². The lowest BCUT2D eigenvalue weighted by Gasteiger charge is -2.00. The Kier molecular flexibility index (Phi) is 3.81. The first kappa shape index (κ1) is 13.5. The Morgan fingerprint density at radius 1 is 1.29 bits per heavy atom. The molecule has 0 aliphatic rings. The summed E-state index contributed by atoms with van der Waals surface area (Å²) in [5.41, 5.74) is 0.732. The summed E-state index contributed by atoms with van der Waals surface area (Å²) in [4.78, 5) is 4.30. The molecular weight excluding hydrogens is 270 g/mol. The maximum atomic E-state index is 5.58. The van der Waals surface area contributed by atoms with Crippen LogP contribution in [0.3, 0.4) is 0 Å². The number of fused-ring (bicyclic) bond motifs is 1. The van der Waals surface area contributed by atoms with E-state index in [1.54, 1.807) is 4.40 Å². The number of nitrogens with zero attached hydrogens (tertiary/aromatic N) is 5. The number of pyridine rings is 1. The molecule has 0 spiro atoms. The van der Waals surface area contributed by atoms with Crippen LogP contribution < -0.4 is 4.74 Å². The van der Waals surface area contributed by atoms with Gasteiger partial charge in [0.2, 0.25) is 0 Å². The van der Waals surface area contributed by atoms with Crippen LogP contribution in [0.5, 0.6) is 6.01 Å². The third-order valence-electron chi connectivity index (χ3n) is 3.06. The third kappa shape index (κ3) is 3.18. The molecule has 0 amide bonds.